The molecule has 0 bridgehead atoms. The lowest BCUT2D eigenvalue weighted by atomic mass is 10.3. The van der Waals surface area contributed by atoms with Crippen LogP contribution < -0.4 is 4.90 Å². The summed E-state index contributed by atoms with van der Waals surface area (Å²) in [6, 6.07) is 10.2. The number of hydrogen-bond donors (Lipinski definition) is 0. The average Bonchev–Trinajstić information content (AvgIpc) is 3.01. The molecule has 0 N–H and O–H groups in total. The summed E-state index contributed by atoms with van der Waals surface area (Å²) in [6.07, 6.45) is 0. The summed E-state index contributed by atoms with van der Waals surface area (Å²) in [4.78, 5) is 5.99. The molecule has 3 aromatic rings. The molecular weight excluding hydrogens is 374 g/mol. The largest absolute Gasteiger partial charge is 0.340 e. The number of fused-ring (bicyclic) bond motifs is 1. The lowest BCUT2D eigenvalue weighted by molar-refractivity contribution is 0.379. The van der Waals surface area contributed by atoms with Crippen molar-refractivity contribution in [3.8, 4) is 0 Å². The summed E-state index contributed by atoms with van der Waals surface area (Å²) in [6.45, 7) is 1.16. The number of benzene rings is 2. The van der Waals surface area contributed by atoms with Crippen molar-refractivity contribution in [1.29, 1.82) is 0 Å². The molecule has 6 nitrogen and oxygen atoms in total. The Bertz CT molecular complexity index is 1110. The van der Waals surface area contributed by atoms with Gasteiger partial charge >= 0.3 is 0 Å². The van der Waals surface area contributed by atoms with Gasteiger partial charge in [-0.25, -0.2) is 22.2 Å². The van der Waals surface area contributed by atoms with E-state index in [-0.39, 0.29) is 13.1 Å². The number of piperazine rings is 1. The predicted molar refractivity (Wildman–Crippen MR) is 98.0 cm³/mol. The maximum atomic E-state index is 13.9. The zero-order valence-corrected chi connectivity index (χ0v) is 15.5. The molecule has 0 spiro atoms. The van der Waals surface area contributed by atoms with Crippen LogP contribution in [-0.4, -0.2) is 48.5 Å². The maximum Gasteiger partial charge on any atom is 0.246 e. The van der Waals surface area contributed by atoms with Gasteiger partial charge in [-0.15, -0.1) is 0 Å². The van der Waals surface area contributed by atoms with Crippen LogP contribution in [0, 0.1) is 11.6 Å². The second-order valence-corrected chi connectivity index (χ2v) is 8.33. The summed E-state index contributed by atoms with van der Waals surface area (Å²) in [5.74, 6) is -0.979. The maximum absolute atomic E-state index is 13.9. The van der Waals surface area contributed by atoms with Crippen molar-refractivity contribution < 1.29 is 17.2 Å². The second-order valence-electron chi connectivity index (χ2n) is 6.43. The molecule has 1 aliphatic rings. The highest BCUT2D eigenvalue weighted by Crippen LogP contribution is 2.25. The second kappa shape index (κ2) is 6.58. The zero-order valence-electron chi connectivity index (χ0n) is 14.6. The average molecular weight is 392 g/mol. The molecule has 1 fully saturated rings. The first-order valence-electron chi connectivity index (χ1n) is 8.49. The summed E-state index contributed by atoms with van der Waals surface area (Å²) < 4.78 is 55.9. The first kappa shape index (κ1) is 17.9. The van der Waals surface area contributed by atoms with Crippen LogP contribution >= 0.6 is 0 Å². The minimum atomic E-state index is -4.09. The molecule has 0 unspecified atom stereocenters. The molecule has 2 heterocycles. The van der Waals surface area contributed by atoms with E-state index < -0.39 is 26.6 Å². The number of imidazole rings is 1. The van der Waals surface area contributed by atoms with E-state index >= 15 is 0 Å². The van der Waals surface area contributed by atoms with E-state index in [1.165, 1.54) is 4.31 Å². The van der Waals surface area contributed by atoms with Crippen LogP contribution in [0.25, 0.3) is 11.0 Å². The van der Waals surface area contributed by atoms with E-state index in [2.05, 4.69) is 4.98 Å². The van der Waals surface area contributed by atoms with E-state index in [4.69, 9.17) is 0 Å². The van der Waals surface area contributed by atoms with Crippen LogP contribution in [-0.2, 0) is 17.1 Å². The number of aromatic nitrogens is 2. The van der Waals surface area contributed by atoms with Gasteiger partial charge in [0, 0.05) is 33.2 Å². The number of sulfonamides is 1. The number of halogens is 2. The topological polar surface area (TPSA) is 58.4 Å². The number of hydrogen-bond acceptors (Lipinski definition) is 4. The predicted octanol–water partition coefficient (Wildman–Crippen LogP) is 2.36. The molecule has 0 atom stereocenters. The van der Waals surface area contributed by atoms with E-state index in [1.54, 1.807) is 0 Å². The van der Waals surface area contributed by atoms with Crippen molar-refractivity contribution >= 4 is 27.0 Å². The molecule has 2 aromatic carbocycles. The third-order valence-corrected chi connectivity index (χ3v) is 6.71. The van der Waals surface area contributed by atoms with Crippen molar-refractivity contribution in [2.45, 2.75) is 4.90 Å². The number of aryl methyl sites for hydroxylation is 1. The molecule has 0 radical (unpaired) electrons. The minimum absolute atomic E-state index is 0.168. The number of nitrogens with zero attached hydrogens (tertiary/aromatic N) is 4. The summed E-state index contributed by atoms with van der Waals surface area (Å²) in [5.41, 5.74) is 1.86. The Kier molecular flexibility index (Phi) is 4.35. The first-order chi connectivity index (χ1) is 12.9. The van der Waals surface area contributed by atoms with Crippen LogP contribution in [0.1, 0.15) is 0 Å². The smallest absolute Gasteiger partial charge is 0.246 e. The lowest BCUT2D eigenvalue weighted by Gasteiger charge is -2.34. The summed E-state index contributed by atoms with van der Waals surface area (Å²) in [7, 11) is -2.18. The fourth-order valence-corrected chi connectivity index (χ4v) is 4.86. The molecule has 142 valence electrons. The van der Waals surface area contributed by atoms with Crippen LogP contribution in [0.5, 0.6) is 0 Å². The van der Waals surface area contributed by atoms with Crippen molar-refractivity contribution in [1.82, 2.24) is 13.9 Å². The quantitative estimate of drug-likeness (QED) is 0.687. The Hall–Kier alpha value is -2.52. The fourth-order valence-electron chi connectivity index (χ4n) is 3.36. The Morgan fingerprint density at radius 3 is 2.41 bits per heavy atom. The van der Waals surface area contributed by atoms with Crippen molar-refractivity contribution in [3.05, 3.63) is 54.1 Å². The van der Waals surface area contributed by atoms with Gasteiger partial charge in [-0.1, -0.05) is 12.1 Å². The highest BCUT2D eigenvalue weighted by Gasteiger charge is 2.32. The van der Waals surface area contributed by atoms with Crippen LogP contribution in [0.3, 0.4) is 0 Å². The van der Waals surface area contributed by atoms with Gasteiger partial charge in [0.2, 0.25) is 16.0 Å². The number of anilines is 1. The molecule has 1 aromatic heterocycles. The Labute approximate surface area is 155 Å². The monoisotopic (exact) mass is 392 g/mol. The molecule has 0 saturated carbocycles. The van der Waals surface area contributed by atoms with Crippen LogP contribution in [0.15, 0.2) is 47.4 Å². The third-order valence-electron chi connectivity index (χ3n) is 4.80. The Balaban J connectivity index is 1.56. The SMILES string of the molecule is Cn1c(N2CCN(S(=O)(=O)c3cc(F)ccc3F)CC2)nc2ccccc21. The molecule has 0 amide bonds. The van der Waals surface area contributed by atoms with Gasteiger partial charge < -0.3 is 9.47 Å². The molecule has 0 aliphatic carbocycles. The Morgan fingerprint density at radius 2 is 1.70 bits per heavy atom. The molecule has 1 saturated heterocycles. The van der Waals surface area contributed by atoms with Crippen molar-refractivity contribution in [2.75, 3.05) is 31.1 Å². The van der Waals surface area contributed by atoms with Gasteiger partial charge in [0.1, 0.15) is 16.5 Å². The molecule has 27 heavy (non-hydrogen) atoms. The Morgan fingerprint density at radius 1 is 1.00 bits per heavy atom. The van der Waals surface area contributed by atoms with Crippen molar-refractivity contribution in [2.24, 2.45) is 7.05 Å². The van der Waals surface area contributed by atoms with Gasteiger partial charge in [0.15, 0.2) is 0 Å². The third kappa shape index (κ3) is 3.06. The van der Waals surface area contributed by atoms with Gasteiger partial charge in [0.05, 0.1) is 11.0 Å². The van der Waals surface area contributed by atoms with Gasteiger partial charge in [-0.05, 0) is 30.3 Å². The normalized spacial score (nSPS) is 16.2. The zero-order chi connectivity index (χ0) is 19.2. The fraction of sp³-hybridized carbons (Fsp3) is 0.278. The highest BCUT2D eigenvalue weighted by molar-refractivity contribution is 7.89. The van der Waals surface area contributed by atoms with E-state index in [0.29, 0.717) is 13.1 Å². The van der Waals surface area contributed by atoms with Crippen LogP contribution in [0.4, 0.5) is 14.7 Å². The molecule has 9 heteroatoms. The van der Waals surface area contributed by atoms with E-state index in [1.807, 2.05) is 40.8 Å². The lowest BCUT2D eigenvalue weighted by Crippen LogP contribution is -2.49. The van der Waals surface area contributed by atoms with Crippen LogP contribution in [0.2, 0.25) is 0 Å². The van der Waals surface area contributed by atoms with E-state index in [0.717, 1.165) is 35.2 Å². The van der Waals surface area contributed by atoms with Gasteiger partial charge in [0.25, 0.3) is 0 Å². The standard InChI is InChI=1S/C18H18F2N4O2S/c1-22-16-5-3-2-4-15(16)21-18(22)23-8-10-24(11-9-23)27(25,26)17-12-13(19)6-7-14(17)20/h2-7,12H,8-11H2,1H3. The molecule has 1 aliphatic heterocycles. The molecule has 4 rings (SSSR count). The summed E-state index contributed by atoms with van der Waals surface area (Å²) >= 11 is 0. The minimum Gasteiger partial charge on any atom is -0.340 e. The number of rotatable bonds is 3. The van der Waals surface area contributed by atoms with Crippen molar-refractivity contribution in [3.63, 3.8) is 0 Å². The van der Waals surface area contributed by atoms with Gasteiger partial charge in [-0.3, -0.25) is 0 Å². The molecular formula is C18H18F2N4O2S. The van der Waals surface area contributed by atoms with E-state index in [9.17, 15) is 17.2 Å². The first-order valence-corrected chi connectivity index (χ1v) is 9.93. The summed E-state index contributed by atoms with van der Waals surface area (Å²) in [5, 5.41) is 0. The van der Waals surface area contributed by atoms with Gasteiger partial charge in [-0.2, -0.15) is 4.31 Å². The highest BCUT2D eigenvalue weighted by atomic mass is 32.2. The number of para-hydroxylation sites is 2.